The first-order chi connectivity index (χ1) is 10.2. The molecule has 106 valence electrons. The summed E-state index contributed by atoms with van der Waals surface area (Å²) in [5, 5.41) is 0.945. The van der Waals surface area contributed by atoms with Crippen molar-refractivity contribution in [3.63, 3.8) is 0 Å². The summed E-state index contributed by atoms with van der Waals surface area (Å²) < 4.78 is 11.0. The van der Waals surface area contributed by atoms with Gasteiger partial charge >= 0.3 is 5.97 Å². The van der Waals surface area contributed by atoms with Crippen molar-refractivity contribution in [2.75, 3.05) is 0 Å². The molecule has 3 aromatic rings. The molecule has 1 heterocycles. The lowest BCUT2D eigenvalue weighted by molar-refractivity contribution is 0.0437. The van der Waals surface area contributed by atoms with Gasteiger partial charge < -0.3 is 9.15 Å². The Kier molecular flexibility index (Phi) is 3.48. The van der Waals surface area contributed by atoms with Crippen molar-refractivity contribution in [3.05, 3.63) is 71.0 Å². The summed E-state index contributed by atoms with van der Waals surface area (Å²) in [6.07, 6.45) is 0. The van der Waals surface area contributed by atoms with Gasteiger partial charge in [-0.15, -0.1) is 0 Å². The lowest BCUT2D eigenvalue weighted by atomic mass is 10.1. The van der Waals surface area contributed by atoms with Crippen LogP contribution in [0.2, 0.25) is 0 Å². The average molecular weight is 280 g/mol. The predicted molar refractivity (Wildman–Crippen MR) is 81.2 cm³/mol. The van der Waals surface area contributed by atoms with Crippen molar-refractivity contribution in [1.82, 2.24) is 0 Å². The quantitative estimate of drug-likeness (QED) is 0.667. The predicted octanol–water partition coefficient (Wildman–Crippen LogP) is 4.41. The van der Waals surface area contributed by atoms with Crippen LogP contribution in [0.25, 0.3) is 11.0 Å². The zero-order valence-electron chi connectivity index (χ0n) is 12.1. The third kappa shape index (κ3) is 2.55. The minimum atomic E-state index is -0.424. The monoisotopic (exact) mass is 280 g/mol. The number of hydrogen-bond donors (Lipinski definition) is 0. The molecule has 0 saturated carbocycles. The highest BCUT2D eigenvalue weighted by molar-refractivity contribution is 5.95. The van der Waals surface area contributed by atoms with Gasteiger partial charge in [0.15, 0.2) is 0 Å². The number of hydrogen-bond acceptors (Lipinski definition) is 3. The van der Waals surface area contributed by atoms with E-state index in [1.54, 1.807) is 0 Å². The van der Waals surface area contributed by atoms with Crippen LogP contribution in [0.5, 0.6) is 0 Å². The van der Waals surface area contributed by atoms with Crippen LogP contribution < -0.4 is 0 Å². The van der Waals surface area contributed by atoms with Crippen LogP contribution in [0.4, 0.5) is 0 Å². The number of ether oxygens (including phenoxy) is 1. The van der Waals surface area contributed by atoms with Crippen molar-refractivity contribution in [2.24, 2.45) is 0 Å². The van der Waals surface area contributed by atoms with Crippen LogP contribution in [-0.4, -0.2) is 5.97 Å². The summed E-state index contributed by atoms with van der Waals surface area (Å²) in [7, 11) is 0. The van der Waals surface area contributed by atoms with Gasteiger partial charge in [0.2, 0.25) is 5.76 Å². The molecule has 0 aliphatic rings. The zero-order valence-corrected chi connectivity index (χ0v) is 12.1. The second kappa shape index (κ2) is 5.44. The van der Waals surface area contributed by atoms with Crippen LogP contribution in [0.1, 0.15) is 27.2 Å². The van der Waals surface area contributed by atoms with E-state index in [2.05, 4.69) is 0 Å². The number of rotatable bonds is 3. The molecule has 1 aromatic heterocycles. The van der Waals surface area contributed by atoms with Crippen molar-refractivity contribution >= 4 is 16.9 Å². The topological polar surface area (TPSA) is 39.4 Å². The van der Waals surface area contributed by atoms with Crippen LogP contribution in [0, 0.1) is 13.8 Å². The number of furan rings is 1. The fourth-order valence-corrected chi connectivity index (χ4v) is 2.35. The van der Waals surface area contributed by atoms with Gasteiger partial charge in [0.05, 0.1) is 0 Å². The van der Waals surface area contributed by atoms with E-state index in [9.17, 15) is 4.79 Å². The maximum Gasteiger partial charge on any atom is 0.374 e. The van der Waals surface area contributed by atoms with E-state index < -0.39 is 5.97 Å². The maximum absolute atomic E-state index is 12.2. The first-order valence-corrected chi connectivity index (χ1v) is 6.86. The lowest BCUT2D eigenvalue weighted by Crippen LogP contribution is -2.06. The molecule has 0 radical (unpaired) electrons. The number of fused-ring (bicyclic) bond motifs is 1. The van der Waals surface area contributed by atoms with E-state index in [-0.39, 0.29) is 12.4 Å². The van der Waals surface area contributed by atoms with Gasteiger partial charge in [-0.3, -0.25) is 0 Å². The maximum atomic E-state index is 12.2. The minimum Gasteiger partial charge on any atom is -0.455 e. The lowest BCUT2D eigenvalue weighted by Gasteiger charge is -2.06. The molecular weight excluding hydrogens is 264 g/mol. The molecule has 2 aromatic carbocycles. The molecule has 3 nitrogen and oxygen atoms in total. The molecule has 0 bridgehead atoms. The van der Waals surface area contributed by atoms with Crippen molar-refractivity contribution in [3.8, 4) is 0 Å². The normalized spacial score (nSPS) is 10.8. The zero-order chi connectivity index (χ0) is 14.8. The molecule has 0 aliphatic carbocycles. The number of para-hydroxylation sites is 1. The molecule has 0 spiro atoms. The SMILES string of the molecule is Cc1ccccc1COC(=O)c1oc2ccccc2c1C. The Bertz CT molecular complexity index is 799. The van der Waals surface area contributed by atoms with Crippen molar-refractivity contribution < 1.29 is 13.9 Å². The third-order valence-corrected chi connectivity index (χ3v) is 3.65. The molecular formula is C18H16O3. The summed E-state index contributed by atoms with van der Waals surface area (Å²) in [5.41, 5.74) is 3.63. The summed E-state index contributed by atoms with van der Waals surface area (Å²) in [6.45, 7) is 4.12. The standard InChI is InChI=1S/C18H16O3/c1-12-7-3-4-8-14(12)11-20-18(19)17-13(2)15-9-5-6-10-16(15)21-17/h3-10H,11H2,1-2H3. The van der Waals surface area contributed by atoms with Crippen LogP contribution in [-0.2, 0) is 11.3 Å². The van der Waals surface area contributed by atoms with Gasteiger partial charge in [-0.25, -0.2) is 4.79 Å². The Morgan fingerprint density at radius 3 is 2.52 bits per heavy atom. The van der Waals surface area contributed by atoms with Gasteiger partial charge in [-0.1, -0.05) is 42.5 Å². The van der Waals surface area contributed by atoms with Crippen molar-refractivity contribution in [1.29, 1.82) is 0 Å². The Morgan fingerprint density at radius 1 is 1.05 bits per heavy atom. The number of carbonyl (C=O) groups excluding carboxylic acids is 1. The largest absolute Gasteiger partial charge is 0.455 e. The summed E-state index contributed by atoms with van der Waals surface area (Å²) in [5.74, 6) is -0.142. The van der Waals surface area contributed by atoms with E-state index in [4.69, 9.17) is 9.15 Å². The van der Waals surface area contributed by atoms with Gasteiger partial charge in [0.25, 0.3) is 0 Å². The second-order valence-electron chi connectivity index (χ2n) is 5.05. The van der Waals surface area contributed by atoms with E-state index in [1.807, 2.05) is 62.4 Å². The number of benzene rings is 2. The summed E-state index contributed by atoms with van der Waals surface area (Å²) >= 11 is 0. The second-order valence-corrected chi connectivity index (χ2v) is 5.05. The van der Waals surface area contributed by atoms with Gasteiger partial charge in [-0.2, -0.15) is 0 Å². The van der Waals surface area contributed by atoms with Crippen LogP contribution in [0.15, 0.2) is 52.9 Å². The molecule has 0 saturated heterocycles. The van der Waals surface area contributed by atoms with Gasteiger partial charge in [-0.05, 0) is 31.0 Å². The molecule has 0 amide bonds. The highest BCUT2D eigenvalue weighted by Gasteiger charge is 2.18. The Hall–Kier alpha value is -2.55. The Morgan fingerprint density at radius 2 is 1.76 bits per heavy atom. The summed E-state index contributed by atoms with van der Waals surface area (Å²) in [4.78, 5) is 12.2. The van der Waals surface area contributed by atoms with Crippen LogP contribution >= 0.6 is 0 Å². The number of carbonyl (C=O) groups is 1. The van der Waals surface area contributed by atoms with Crippen LogP contribution in [0.3, 0.4) is 0 Å². The summed E-state index contributed by atoms with van der Waals surface area (Å²) in [6, 6.07) is 15.4. The van der Waals surface area contributed by atoms with E-state index in [1.165, 1.54) is 0 Å². The highest BCUT2D eigenvalue weighted by Crippen LogP contribution is 2.25. The molecule has 0 unspecified atom stereocenters. The number of aryl methyl sites for hydroxylation is 2. The molecule has 0 atom stereocenters. The van der Waals surface area contributed by atoms with E-state index in [0.717, 1.165) is 22.1 Å². The Balaban J connectivity index is 1.81. The fourth-order valence-electron chi connectivity index (χ4n) is 2.35. The molecule has 3 heteroatoms. The smallest absolute Gasteiger partial charge is 0.374 e. The van der Waals surface area contributed by atoms with Crippen molar-refractivity contribution in [2.45, 2.75) is 20.5 Å². The third-order valence-electron chi connectivity index (χ3n) is 3.65. The van der Waals surface area contributed by atoms with Gasteiger partial charge in [0.1, 0.15) is 12.2 Å². The first kappa shape index (κ1) is 13.4. The first-order valence-electron chi connectivity index (χ1n) is 6.86. The highest BCUT2D eigenvalue weighted by atomic mass is 16.5. The average Bonchev–Trinajstić information content (AvgIpc) is 2.84. The molecule has 21 heavy (non-hydrogen) atoms. The molecule has 3 rings (SSSR count). The van der Waals surface area contributed by atoms with E-state index >= 15 is 0 Å². The van der Waals surface area contributed by atoms with E-state index in [0.29, 0.717) is 5.58 Å². The Labute approximate surface area is 123 Å². The van der Waals surface area contributed by atoms with Gasteiger partial charge in [0, 0.05) is 10.9 Å². The molecule has 0 fully saturated rings. The molecule has 0 N–H and O–H groups in total. The fraction of sp³-hybridized carbons (Fsp3) is 0.167. The minimum absolute atomic E-state index is 0.252. The molecule has 0 aliphatic heterocycles. The number of esters is 1.